The first kappa shape index (κ1) is 12.8. The van der Waals surface area contributed by atoms with E-state index in [9.17, 15) is 8.42 Å². The molecule has 0 saturated heterocycles. The molecule has 2 aromatic carbocycles. The molecule has 0 fully saturated rings. The SMILES string of the molecule is Cc1ccccc1-c1cccc(S(N)(=O)=O)c1C. The van der Waals surface area contributed by atoms with Crippen molar-refractivity contribution in [2.24, 2.45) is 5.14 Å². The summed E-state index contributed by atoms with van der Waals surface area (Å²) in [4.78, 5) is 0.184. The first-order valence-corrected chi connectivity index (χ1v) is 7.14. The highest BCUT2D eigenvalue weighted by Crippen LogP contribution is 2.29. The number of hydrogen-bond acceptors (Lipinski definition) is 2. The van der Waals surface area contributed by atoms with Crippen LogP contribution in [0.15, 0.2) is 47.4 Å². The third-order valence-electron chi connectivity index (χ3n) is 3.03. The lowest BCUT2D eigenvalue weighted by atomic mass is 9.97. The van der Waals surface area contributed by atoms with Crippen LogP contribution in [-0.2, 0) is 10.0 Å². The molecule has 0 unspecified atom stereocenters. The Morgan fingerprint density at radius 1 is 0.889 bits per heavy atom. The molecule has 0 aromatic heterocycles. The standard InChI is InChI=1S/C14H15NO2S/c1-10-6-3-4-7-12(10)13-8-5-9-14(11(13)2)18(15,16)17/h3-9H,1-2H3,(H2,15,16,17). The second-order valence-electron chi connectivity index (χ2n) is 4.29. The summed E-state index contributed by atoms with van der Waals surface area (Å²) < 4.78 is 23.0. The maximum absolute atomic E-state index is 11.5. The zero-order valence-electron chi connectivity index (χ0n) is 10.3. The smallest absolute Gasteiger partial charge is 0.225 e. The van der Waals surface area contributed by atoms with E-state index in [2.05, 4.69) is 0 Å². The normalized spacial score (nSPS) is 11.5. The molecule has 0 aliphatic rings. The summed E-state index contributed by atoms with van der Waals surface area (Å²) in [5.41, 5.74) is 3.72. The zero-order chi connectivity index (χ0) is 13.3. The second kappa shape index (κ2) is 4.55. The first-order chi connectivity index (χ1) is 8.41. The third kappa shape index (κ3) is 2.30. The van der Waals surface area contributed by atoms with Gasteiger partial charge in [0, 0.05) is 0 Å². The molecule has 94 valence electrons. The van der Waals surface area contributed by atoms with Gasteiger partial charge in [0.05, 0.1) is 4.90 Å². The Balaban J connectivity index is 2.72. The Labute approximate surface area is 107 Å². The van der Waals surface area contributed by atoms with Crippen molar-refractivity contribution >= 4 is 10.0 Å². The largest absolute Gasteiger partial charge is 0.238 e. The van der Waals surface area contributed by atoms with E-state index < -0.39 is 10.0 Å². The van der Waals surface area contributed by atoms with Crippen LogP contribution in [0, 0.1) is 13.8 Å². The minimum absolute atomic E-state index is 0.184. The molecule has 0 amide bonds. The van der Waals surface area contributed by atoms with E-state index in [4.69, 9.17) is 5.14 Å². The maximum Gasteiger partial charge on any atom is 0.238 e. The fourth-order valence-corrected chi connectivity index (χ4v) is 2.89. The molecule has 18 heavy (non-hydrogen) atoms. The average molecular weight is 261 g/mol. The predicted octanol–water partition coefficient (Wildman–Crippen LogP) is 2.62. The quantitative estimate of drug-likeness (QED) is 0.903. The molecular weight excluding hydrogens is 246 g/mol. The molecule has 0 atom stereocenters. The summed E-state index contributed by atoms with van der Waals surface area (Å²) >= 11 is 0. The number of aryl methyl sites for hydroxylation is 1. The molecule has 0 saturated carbocycles. The Kier molecular flexibility index (Phi) is 3.24. The zero-order valence-corrected chi connectivity index (χ0v) is 11.2. The molecule has 0 spiro atoms. The van der Waals surface area contributed by atoms with Crippen molar-refractivity contribution in [2.75, 3.05) is 0 Å². The van der Waals surface area contributed by atoms with E-state index in [0.717, 1.165) is 16.7 Å². The van der Waals surface area contributed by atoms with Crippen molar-refractivity contribution in [3.63, 3.8) is 0 Å². The summed E-state index contributed by atoms with van der Waals surface area (Å²) in [5, 5.41) is 5.21. The van der Waals surface area contributed by atoms with Crippen molar-refractivity contribution in [3.05, 3.63) is 53.6 Å². The number of hydrogen-bond donors (Lipinski definition) is 1. The Morgan fingerprint density at radius 3 is 2.11 bits per heavy atom. The van der Waals surface area contributed by atoms with Crippen LogP contribution >= 0.6 is 0 Å². The lowest BCUT2D eigenvalue weighted by molar-refractivity contribution is 0.597. The molecule has 2 aromatic rings. The van der Waals surface area contributed by atoms with Gasteiger partial charge in [-0.25, -0.2) is 13.6 Å². The van der Waals surface area contributed by atoms with Gasteiger partial charge in [-0.2, -0.15) is 0 Å². The number of primary sulfonamides is 1. The van der Waals surface area contributed by atoms with Gasteiger partial charge in [0.2, 0.25) is 10.0 Å². The van der Waals surface area contributed by atoms with Crippen LogP contribution in [0.5, 0.6) is 0 Å². The van der Waals surface area contributed by atoms with Crippen LogP contribution in [-0.4, -0.2) is 8.42 Å². The van der Waals surface area contributed by atoms with Gasteiger partial charge in [0.1, 0.15) is 0 Å². The van der Waals surface area contributed by atoms with Crippen LogP contribution in [0.2, 0.25) is 0 Å². The van der Waals surface area contributed by atoms with Gasteiger partial charge in [-0.3, -0.25) is 0 Å². The predicted molar refractivity (Wildman–Crippen MR) is 72.7 cm³/mol. The summed E-state index contributed by atoms with van der Waals surface area (Å²) in [5.74, 6) is 0. The summed E-state index contributed by atoms with van der Waals surface area (Å²) in [6.45, 7) is 3.78. The summed E-state index contributed by atoms with van der Waals surface area (Å²) in [7, 11) is -3.68. The van der Waals surface area contributed by atoms with Crippen LogP contribution in [0.4, 0.5) is 0 Å². The van der Waals surface area contributed by atoms with E-state index in [0.29, 0.717) is 5.56 Å². The molecule has 3 nitrogen and oxygen atoms in total. The Morgan fingerprint density at radius 2 is 1.50 bits per heavy atom. The third-order valence-corrected chi connectivity index (χ3v) is 4.08. The highest BCUT2D eigenvalue weighted by Gasteiger charge is 2.15. The molecule has 2 rings (SSSR count). The van der Waals surface area contributed by atoms with E-state index in [1.54, 1.807) is 13.0 Å². The number of benzene rings is 2. The van der Waals surface area contributed by atoms with Crippen molar-refractivity contribution in [3.8, 4) is 11.1 Å². The number of sulfonamides is 1. The minimum atomic E-state index is -3.68. The average Bonchev–Trinajstić information content (AvgIpc) is 2.29. The Hall–Kier alpha value is -1.65. The molecule has 2 N–H and O–H groups in total. The monoisotopic (exact) mass is 261 g/mol. The van der Waals surface area contributed by atoms with Crippen LogP contribution in [0.3, 0.4) is 0 Å². The lowest BCUT2D eigenvalue weighted by Crippen LogP contribution is -2.14. The topological polar surface area (TPSA) is 60.2 Å². The lowest BCUT2D eigenvalue weighted by Gasteiger charge is -2.12. The first-order valence-electron chi connectivity index (χ1n) is 5.59. The van der Waals surface area contributed by atoms with Crippen molar-refractivity contribution in [2.45, 2.75) is 18.7 Å². The van der Waals surface area contributed by atoms with Crippen LogP contribution in [0.25, 0.3) is 11.1 Å². The molecule has 0 heterocycles. The highest BCUT2D eigenvalue weighted by atomic mass is 32.2. The molecule has 0 aliphatic heterocycles. The van der Waals surface area contributed by atoms with Gasteiger partial charge < -0.3 is 0 Å². The number of nitrogens with two attached hydrogens (primary N) is 1. The summed E-state index contributed by atoms with van der Waals surface area (Å²) in [6, 6.07) is 13.0. The maximum atomic E-state index is 11.5. The van der Waals surface area contributed by atoms with Gasteiger partial charge in [-0.15, -0.1) is 0 Å². The van der Waals surface area contributed by atoms with Crippen molar-refractivity contribution in [1.82, 2.24) is 0 Å². The van der Waals surface area contributed by atoms with Crippen LogP contribution in [0.1, 0.15) is 11.1 Å². The molecule has 4 heteroatoms. The molecule has 0 bridgehead atoms. The number of rotatable bonds is 2. The van der Waals surface area contributed by atoms with Crippen molar-refractivity contribution < 1.29 is 8.42 Å². The van der Waals surface area contributed by atoms with Gasteiger partial charge in [-0.05, 0) is 42.2 Å². The fourth-order valence-electron chi connectivity index (χ4n) is 2.09. The van der Waals surface area contributed by atoms with E-state index in [1.165, 1.54) is 6.07 Å². The van der Waals surface area contributed by atoms with Gasteiger partial charge in [0.15, 0.2) is 0 Å². The summed E-state index contributed by atoms with van der Waals surface area (Å²) in [6.07, 6.45) is 0. The minimum Gasteiger partial charge on any atom is -0.225 e. The Bertz CT molecular complexity index is 691. The molecular formula is C14H15NO2S. The van der Waals surface area contributed by atoms with Gasteiger partial charge >= 0.3 is 0 Å². The van der Waals surface area contributed by atoms with E-state index in [-0.39, 0.29) is 4.90 Å². The second-order valence-corrected chi connectivity index (χ2v) is 5.82. The van der Waals surface area contributed by atoms with Crippen molar-refractivity contribution in [1.29, 1.82) is 0 Å². The van der Waals surface area contributed by atoms with Gasteiger partial charge in [-0.1, -0.05) is 36.4 Å². The molecule has 0 aliphatic carbocycles. The highest BCUT2D eigenvalue weighted by molar-refractivity contribution is 7.89. The van der Waals surface area contributed by atoms with E-state index >= 15 is 0 Å². The molecule has 0 radical (unpaired) electrons. The van der Waals surface area contributed by atoms with Crippen LogP contribution < -0.4 is 5.14 Å². The van der Waals surface area contributed by atoms with Gasteiger partial charge in [0.25, 0.3) is 0 Å². The fraction of sp³-hybridized carbons (Fsp3) is 0.143. The van der Waals surface area contributed by atoms with E-state index in [1.807, 2.05) is 37.3 Å².